The Kier molecular flexibility index (Phi) is 3.85. The molecule has 0 saturated carbocycles. The number of rotatable bonds is 4. The van der Waals surface area contributed by atoms with Gasteiger partial charge in [-0.05, 0) is 37.7 Å². The Morgan fingerprint density at radius 3 is 2.63 bits per heavy atom. The van der Waals surface area contributed by atoms with Crippen molar-refractivity contribution in [3.8, 4) is 0 Å². The van der Waals surface area contributed by atoms with E-state index in [2.05, 4.69) is 9.88 Å². The summed E-state index contributed by atoms with van der Waals surface area (Å²) in [6.45, 7) is 3.65. The number of aromatic amines is 1. The van der Waals surface area contributed by atoms with Crippen molar-refractivity contribution >= 4 is 10.9 Å². The maximum Gasteiger partial charge on any atom is 0.417 e. The molecule has 1 aromatic heterocycles. The van der Waals surface area contributed by atoms with Gasteiger partial charge in [0.05, 0.1) is 5.56 Å². The van der Waals surface area contributed by atoms with Crippen LogP contribution in [0.4, 0.5) is 13.2 Å². The molecule has 0 fully saturated rings. The molecule has 2 rings (SSSR count). The molecule has 0 saturated heterocycles. The van der Waals surface area contributed by atoms with Crippen LogP contribution in [0.1, 0.15) is 18.1 Å². The fourth-order valence-electron chi connectivity index (χ4n) is 2.16. The molecule has 1 N–H and O–H groups in total. The van der Waals surface area contributed by atoms with Crippen LogP contribution in [0, 0.1) is 0 Å². The van der Waals surface area contributed by atoms with Crippen molar-refractivity contribution in [1.29, 1.82) is 0 Å². The zero-order valence-corrected chi connectivity index (χ0v) is 11.0. The first kappa shape index (κ1) is 13.9. The molecule has 0 radical (unpaired) electrons. The molecule has 19 heavy (non-hydrogen) atoms. The number of H-pyrrole nitrogens is 1. The molecule has 1 aromatic carbocycles. The highest BCUT2D eigenvalue weighted by Crippen LogP contribution is 2.36. The van der Waals surface area contributed by atoms with Gasteiger partial charge in [-0.2, -0.15) is 13.2 Å². The average molecular weight is 270 g/mol. The summed E-state index contributed by atoms with van der Waals surface area (Å²) in [5.74, 6) is 0. The Labute approximate surface area is 110 Å². The summed E-state index contributed by atoms with van der Waals surface area (Å²) < 4.78 is 39.0. The van der Waals surface area contributed by atoms with Crippen molar-refractivity contribution in [1.82, 2.24) is 9.88 Å². The Balaban J connectivity index is 2.40. The molecule has 2 nitrogen and oxygen atoms in total. The minimum Gasteiger partial charge on any atom is -0.361 e. The molecule has 0 aliphatic rings. The van der Waals surface area contributed by atoms with Gasteiger partial charge in [-0.1, -0.05) is 13.0 Å². The van der Waals surface area contributed by atoms with E-state index in [9.17, 15) is 13.2 Å². The van der Waals surface area contributed by atoms with Gasteiger partial charge in [0.2, 0.25) is 0 Å². The predicted molar refractivity (Wildman–Crippen MR) is 70.2 cm³/mol. The maximum absolute atomic E-state index is 13.0. The SMILES string of the molecule is CCN(C)CCc1c[nH]c2cccc(C(F)(F)F)c12. The van der Waals surface area contributed by atoms with Crippen LogP contribution < -0.4 is 0 Å². The van der Waals surface area contributed by atoms with Gasteiger partial charge >= 0.3 is 6.18 Å². The van der Waals surface area contributed by atoms with E-state index >= 15 is 0 Å². The standard InChI is InChI=1S/C14H17F3N2/c1-3-19(2)8-7-10-9-18-12-6-4-5-11(13(10)12)14(15,16)17/h4-6,9,18H,3,7-8H2,1-2H3. The quantitative estimate of drug-likeness (QED) is 0.898. The Morgan fingerprint density at radius 2 is 2.00 bits per heavy atom. The minimum atomic E-state index is -4.31. The molecule has 0 aliphatic heterocycles. The van der Waals surface area contributed by atoms with Crippen LogP contribution >= 0.6 is 0 Å². The predicted octanol–water partition coefficient (Wildman–Crippen LogP) is 3.68. The third-order valence-corrected chi connectivity index (χ3v) is 3.40. The van der Waals surface area contributed by atoms with Crippen LogP contribution in [0.15, 0.2) is 24.4 Å². The number of nitrogens with one attached hydrogen (secondary N) is 1. The molecule has 2 aromatic rings. The number of halogens is 3. The molecule has 0 spiro atoms. The Bertz CT molecular complexity index is 557. The molecule has 1 heterocycles. The number of likely N-dealkylation sites (N-methyl/N-ethyl adjacent to an activating group) is 1. The van der Waals surface area contributed by atoms with E-state index in [0.29, 0.717) is 17.3 Å². The van der Waals surface area contributed by atoms with Gasteiger partial charge in [0.15, 0.2) is 0 Å². The monoisotopic (exact) mass is 270 g/mol. The van der Waals surface area contributed by atoms with E-state index < -0.39 is 11.7 Å². The fourth-order valence-corrected chi connectivity index (χ4v) is 2.16. The molecular weight excluding hydrogens is 253 g/mol. The molecule has 0 unspecified atom stereocenters. The van der Waals surface area contributed by atoms with Crippen molar-refractivity contribution in [2.45, 2.75) is 19.5 Å². The minimum absolute atomic E-state index is 0.305. The van der Waals surface area contributed by atoms with E-state index in [1.807, 2.05) is 14.0 Å². The second kappa shape index (κ2) is 5.25. The third kappa shape index (κ3) is 2.92. The molecule has 0 amide bonds. The highest BCUT2D eigenvalue weighted by atomic mass is 19.4. The van der Waals surface area contributed by atoms with Crippen LogP contribution in [0.3, 0.4) is 0 Å². The zero-order chi connectivity index (χ0) is 14.0. The van der Waals surface area contributed by atoms with Crippen LogP contribution in [0.25, 0.3) is 10.9 Å². The number of fused-ring (bicyclic) bond motifs is 1. The molecule has 0 aliphatic carbocycles. The first-order valence-electron chi connectivity index (χ1n) is 6.28. The summed E-state index contributed by atoms with van der Waals surface area (Å²) in [5.41, 5.74) is 0.715. The van der Waals surface area contributed by atoms with Crippen LogP contribution in [-0.2, 0) is 12.6 Å². The van der Waals surface area contributed by atoms with E-state index in [1.165, 1.54) is 6.07 Å². The van der Waals surface area contributed by atoms with Gasteiger partial charge in [-0.3, -0.25) is 0 Å². The maximum atomic E-state index is 13.0. The van der Waals surface area contributed by atoms with E-state index in [-0.39, 0.29) is 0 Å². The van der Waals surface area contributed by atoms with Gasteiger partial charge in [0, 0.05) is 23.6 Å². The highest BCUT2D eigenvalue weighted by Gasteiger charge is 2.33. The number of hydrogen-bond donors (Lipinski definition) is 1. The van der Waals surface area contributed by atoms with Gasteiger partial charge in [0.25, 0.3) is 0 Å². The van der Waals surface area contributed by atoms with Gasteiger partial charge < -0.3 is 9.88 Å². The lowest BCUT2D eigenvalue weighted by Gasteiger charge is -2.14. The highest BCUT2D eigenvalue weighted by molar-refractivity contribution is 5.87. The summed E-state index contributed by atoms with van der Waals surface area (Å²) in [6.07, 6.45) is -2.02. The van der Waals surface area contributed by atoms with Gasteiger partial charge in [-0.25, -0.2) is 0 Å². The van der Waals surface area contributed by atoms with Gasteiger partial charge in [-0.15, -0.1) is 0 Å². The van der Waals surface area contributed by atoms with Crippen molar-refractivity contribution < 1.29 is 13.2 Å². The van der Waals surface area contributed by atoms with E-state index in [1.54, 1.807) is 12.3 Å². The number of hydrogen-bond acceptors (Lipinski definition) is 1. The van der Waals surface area contributed by atoms with Crippen molar-refractivity contribution in [2.24, 2.45) is 0 Å². The summed E-state index contributed by atoms with van der Waals surface area (Å²) >= 11 is 0. The fraction of sp³-hybridized carbons (Fsp3) is 0.429. The Hall–Kier alpha value is -1.49. The lowest BCUT2D eigenvalue weighted by Crippen LogP contribution is -2.20. The normalized spacial score (nSPS) is 12.5. The molecular formula is C14H17F3N2. The second-order valence-electron chi connectivity index (χ2n) is 4.69. The zero-order valence-electron chi connectivity index (χ0n) is 11.0. The number of alkyl halides is 3. The molecule has 0 bridgehead atoms. The smallest absolute Gasteiger partial charge is 0.361 e. The lowest BCUT2D eigenvalue weighted by atomic mass is 10.0. The molecule has 0 atom stereocenters. The van der Waals surface area contributed by atoms with Crippen molar-refractivity contribution in [3.05, 3.63) is 35.5 Å². The lowest BCUT2D eigenvalue weighted by molar-refractivity contribution is -0.136. The van der Waals surface area contributed by atoms with E-state index in [4.69, 9.17) is 0 Å². The topological polar surface area (TPSA) is 19.0 Å². The summed E-state index contributed by atoms with van der Waals surface area (Å²) in [5, 5.41) is 0.305. The number of benzene rings is 1. The van der Waals surface area contributed by atoms with Crippen molar-refractivity contribution in [2.75, 3.05) is 20.1 Å². The Morgan fingerprint density at radius 1 is 1.26 bits per heavy atom. The third-order valence-electron chi connectivity index (χ3n) is 3.40. The first-order chi connectivity index (χ1) is 8.93. The van der Waals surface area contributed by atoms with Crippen molar-refractivity contribution in [3.63, 3.8) is 0 Å². The van der Waals surface area contributed by atoms with Crippen LogP contribution in [-0.4, -0.2) is 30.0 Å². The van der Waals surface area contributed by atoms with E-state index in [0.717, 1.165) is 24.7 Å². The van der Waals surface area contributed by atoms with Crippen LogP contribution in [0.2, 0.25) is 0 Å². The summed E-state index contributed by atoms with van der Waals surface area (Å²) in [6, 6.07) is 4.25. The molecule has 104 valence electrons. The number of nitrogens with zero attached hydrogens (tertiary/aromatic N) is 1. The molecule has 5 heteroatoms. The number of aromatic nitrogens is 1. The second-order valence-corrected chi connectivity index (χ2v) is 4.69. The largest absolute Gasteiger partial charge is 0.417 e. The summed E-state index contributed by atoms with van der Waals surface area (Å²) in [7, 11) is 1.96. The average Bonchev–Trinajstić information content (AvgIpc) is 2.77. The van der Waals surface area contributed by atoms with Gasteiger partial charge in [0.1, 0.15) is 0 Å². The summed E-state index contributed by atoms with van der Waals surface area (Å²) in [4.78, 5) is 5.00. The first-order valence-corrected chi connectivity index (χ1v) is 6.28. The van der Waals surface area contributed by atoms with Crippen LogP contribution in [0.5, 0.6) is 0 Å².